The number of nitrogens with two attached hydrogens (primary N) is 1. The van der Waals surface area contributed by atoms with E-state index in [2.05, 4.69) is 0 Å². The van der Waals surface area contributed by atoms with Gasteiger partial charge in [0.15, 0.2) is 0 Å². The predicted molar refractivity (Wildman–Crippen MR) is 70.4 cm³/mol. The van der Waals surface area contributed by atoms with E-state index in [4.69, 9.17) is 5.73 Å². The Kier molecular flexibility index (Phi) is 3.78. The van der Waals surface area contributed by atoms with Crippen molar-refractivity contribution in [3.8, 4) is 0 Å². The summed E-state index contributed by atoms with van der Waals surface area (Å²) < 4.78 is 37.0. The van der Waals surface area contributed by atoms with Gasteiger partial charge in [0.25, 0.3) is 0 Å². The lowest BCUT2D eigenvalue weighted by Gasteiger charge is -2.37. The molecule has 2 rings (SSSR count). The summed E-state index contributed by atoms with van der Waals surface area (Å²) in [5.74, 6) is -1.76. The van der Waals surface area contributed by atoms with Crippen molar-refractivity contribution in [1.82, 2.24) is 4.90 Å². The van der Waals surface area contributed by atoms with Gasteiger partial charge in [0.05, 0.1) is 0 Å². The molecule has 0 saturated carbocycles. The molecule has 0 bridgehead atoms. The number of nitrogen functional groups attached to an aromatic ring is 1. The number of halogens is 3. The minimum atomic E-state index is -4.80. The van der Waals surface area contributed by atoms with E-state index in [1.165, 1.54) is 0 Å². The third-order valence-corrected chi connectivity index (χ3v) is 3.38. The number of carbonyl (C=O) groups excluding carboxylic acids is 1. The number of nitrogens with zero attached hydrogens (tertiary/aromatic N) is 2. The monoisotopic (exact) mass is 287 g/mol. The number of hydrogen-bond donors (Lipinski definition) is 1. The van der Waals surface area contributed by atoms with Gasteiger partial charge in [0.1, 0.15) is 0 Å². The molecule has 1 aromatic rings. The molecule has 1 aromatic carbocycles. The quantitative estimate of drug-likeness (QED) is 0.801. The molecule has 0 aliphatic carbocycles. The van der Waals surface area contributed by atoms with Crippen molar-refractivity contribution < 1.29 is 18.0 Å². The summed E-state index contributed by atoms with van der Waals surface area (Å²) in [6.07, 6.45) is -4.80. The standard InChI is InChI=1S/C13H16F3N3O/c1-9-2-3-10(17)8-11(9)18-4-6-19(7-5-18)12(20)13(14,15)16/h2-3,8H,4-7,17H2,1H3. The second-order valence-electron chi connectivity index (χ2n) is 4.82. The van der Waals surface area contributed by atoms with E-state index in [1.807, 2.05) is 17.9 Å². The maximum atomic E-state index is 12.3. The zero-order valence-corrected chi connectivity index (χ0v) is 11.1. The summed E-state index contributed by atoms with van der Waals surface area (Å²) >= 11 is 0. The summed E-state index contributed by atoms with van der Waals surface area (Å²) in [6.45, 7) is 2.78. The largest absolute Gasteiger partial charge is 0.471 e. The van der Waals surface area contributed by atoms with E-state index in [0.29, 0.717) is 18.8 Å². The second-order valence-corrected chi connectivity index (χ2v) is 4.82. The first-order valence-corrected chi connectivity index (χ1v) is 6.26. The second kappa shape index (κ2) is 5.22. The average Bonchev–Trinajstić information content (AvgIpc) is 2.40. The molecule has 1 heterocycles. The number of aryl methyl sites for hydroxylation is 1. The smallest absolute Gasteiger partial charge is 0.399 e. The fourth-order valence-electron chi connectivity index (χ4n) is 2.30. The van der Waals surface area contributed by atoms with Crippen LogP contribution in [0.25, 0.3) is 0 Å². The highest BCUT2D eigenvalue weighted by Gasteiger charge is 2.43. The van der Waals surface area contributed by atoms with E-state index in [9.17, 15) is 18.0 Å². The highest BCUT2D eigenvalue weighted by Crippen LogP contribution is 2.25. The number of amides is 1. The molecule has 4 nitrogen and oxygen atoms in total. The molecule has 1 aliphatic heterocycles. The lowest BCUT2D eigenvalue weighted by molar-refractivity contribution is -0.185. The van der Waals surface area contributed by atoms with Crippen molar-refractivity contribution in [2.75, 3.05) is 36.8 Å². The van der Waals surface area contributed by atoms with Gasteiger partial charge in [-0.15, -0.1) is 0 Å². The Hall–Kier alpha value is -1.92. The number of piperazine rings is 1. The third kappa shape index (κ3) is 2.97. The Morgan fingerprint density at radius 1 is 1.20 bits per heavy atom. The lowest BCUT2D eigenvalue weighted by atomic mass is 10.1. The van der Waals surface area contributed by atoms with Crippen LogP contribution < -0.4 is 10.6 Å². The van der Waals surface area contributed by atoms with Crippen LogP contribution in [0, 0.1) is 6.92 Å². The summed E-state index contributed by atoms with van der Waals surface area (Å²) in [7, 11) is 0. The molecule has 1 amide bonds. The Bertz CT molecular complexity index is 508. The summed E-state index contributed by atoms with van der Waals surface area (Å²) in [5, 5.41) is 0. The van der Waals surface area contributed by atoms with Gasteiger partial charge in [-0.2, -0.15) is 13.2 Å². The van der Waals surface area contributed by atoms with Crippen LogP contribution in [0.3, 0.4) is 0 Å². The molecule has 20 heavy (non-hydrogen) atoms. The predicted octanol–water partition coefficient (Wildman–Crippen LogP) is 1.79. The van der Waals surface area contributed by atoms with Gasteiger partial charge < -0.3 is 15.5 Å². The maximum Gasteiger partial charge on any atom is 0.471 e. The van der Waals surface area contributed by atoms with E-state index >= 15 is 0 Å². The van der Waals surface area contributed by atoms with Crippen molar-refractivity contribution in [1.29, 1.82) is 0 Å². The minimum Gasteiger partial charge on any atom is -0.399 e. The molecule has 110 valence electrons. The Morgan fingerprint density at radius 3 is 2.35 bits per heavy atom. The van der Waals surface area contributed by atoms with E-state index in [0.717, 1.165) is 16.2 Å². The normalized spacial score (nSPS) is 16.4. The van der Waals surface area contributed by atoms with Crippen molar-refractivity contribution in [2.24, 2.45) is 0 Å². The minimum absolute atomic E-state index is 0.0621. The average molecular weight is 287 g/mol. The molecule has 2 N–H and O–H groups in total. The molecule has 0 radical (unpaired) electrons. The van der Waals surface area contributed by atoms with Crippen LogP contribution in [0.4, 0.5) is 24.5 Å². The van der Waals surface area contributed by atoms with Crippen LogP contribution in [0.2, 0.25) is 0 Å². The highest BCUT2D eigenvalue weighted by atomic mass is 19.4. The SMILES string of the molecule is Cc1ccc(N)cc1N1CCN(C(=O)C(F)(F)F)CC1. The van der Waals surface area contributed by atoms with Crippen molar-refractivity contribution in [3.05, 3.63) is 23.8 Å². The van der Waals surface area contributed by atoms with Gasteiger partial charge in [-0.25, -0.2) is 0 Å². The molecule has 0 unspecified atom stereocenters. The van der Waals surface area contributed by atoms with Crippen molar-refractivity contribution >= 4 is 17.3 Å². The van der Waals surface area contributed by atoms with E-state index in [1.54, 1.807) is 12.1 Å². The lowest BCUT2D eigenvalue weighted by Crippen LogP contribution is -2.52. The van der Waals surface area contributed by atoms with Gasteiger partial charge in [0.2, 0.25) is 0 Å². The first-order valence-electron chi connectivity index (χ1n) is 6.26. The van der Waals surface area contributed by atoms with Crippen LogP contribution in [0.1, 0.15) is 5.56 Å². The van der Waals surface area contributed by atoms with Gasteiger partial charge in [0, 0.05) is 37.6 Å². The fourth-order valence-corrected chi connectivity index (χ4v) is 2.30. The van der Waals surface area contributed by atoms with Crippen LogP contribution in [0.15, 0.2) is 18.2 Å². The zero-order valence-electron chi connectivity index (χ0n) is 11.1. The van der Waals surface area contributed by atoms with Crippen molar-refractivity contribution in [2.45, 2.75) is 13.1 Å². The molecule has 1 saturated heterocycles. The Morgan fingerprint density at radius 2 is 1.80 bits per heavy atom. The fraction of sp³-hybridized carbons (Fsp3) is 0.462. The van der Waals surface area contributed by atoms with Gasteiger partial charge in [-0.3, -0.25) is 4.79 Å². The number of benzene rings is 1. The zero-order chi connectivity index (χ0) is 14.9. The first-order chi connectivity index (χ1) is 9.29. The number of hydrogen-bond acceptors (Lipinski definition) is 3. The van der Waals surface area contributed by atoms with E-state index < -0.39 is 12.1 Å². The van der Waals surface area contributed by atoms with Crippen LogP contribution in [-0.4, -0.2) is 43.2 Å². The van der Waals surface area contributed by atoms with Crippen LogP contribution in [0.5, 0.6) is 0 Å². The molecular formula is C13H16F3N3O. The summed E-state index contributed by atoms with van der Waals surface area (Å²) in [6, 6.07) is 5.46. The molecule has 0 spiro atoms. The number of rotatable bonds is 1. The highest BCUT2D eigenvalue weighted by molar-refractivity contribution is 5.82. The van der Waals surface area contributed by atoms with Gasteiger partial charge >= 0.3 is 12.1 Å². The number of carbonyl (C=O) groups is 1. The van der Waals surface area contributed by atoms with Crippen LogP contribution >= 0.6 is 0 Å². The third-order valence-electron chi connectivity index (χ3n) is 3.38. The molecular weight excluding hydrogens is 271 g/mol. The molecule has 1 aliphatic rings. The maximum absolute atomic E-state index is 12.3. The molecule has 0 atom stereocenters. The number of anilines is 2. The number of alkyl halides is 3. The molecule has 0 aromatic heterocycles. The topological polar surface area (TPSA) is 49.6 Å². The summed E-state index contributed by atoms with van der Waals surface area (Å²) in [4.78, 5) is 13.9. The summed E-state index contributed by atoms with van der Waals surface area (Å²) in [5.41, 5.74) is 8.25. The van der Waals surface area contributed by atoms with Gasteiger partial charge in [-0.05, 0) is 24.6 Å². The molecule has 7 heteroatoms. The van der Waals surface area contributed by atoms with Gasteiger partial charge in [-0.1, -0.05) is 6.07 Å². The Labute approximate surface area is 114 Å². The van der Waals surface area contributed by atoms with E-state index in [-0.39, 0.29) is 13.1 Å². The van der Waals surface area contributed by atoms with Crippen molar-refractivity contribution in [3.63, 3.8) is 0 Å². The first kappa shape index (κ1) is 14.5. The van der Waals surface area contributed by atoms with Crippen LogP contribution in [-0.2, 0) is 4.79 Å². The Balaban J connectivity index is 2.05. The molecule has 1 fully saturated rings.